The highest BCUT2D eigenvalue weighted by molar-refractivity contribution is 5.85. The van der Waals surface area contributed by atoms with Crippen LogP contribution < -0.4 is 5.32 Å². The Kier molecular flexibility index (Phi) is 4.69. The highest BCUT2D eigenvalue weighted by Gasteiger charge is 2.33. The molecular weight excluding hydrogens is 246 g/mol. The number of aryl methyl sites for hydroxylation is 1. The molecule has 1 heterocycles. The Morgan fingerprint density at radius 3 is 2.53 bits per heavy atom. The van der Waals surface area contributed by atoms with E-state index in [0.717, 1.165) is 5.69 Å². The van der Waals surface area contributed by atoms with Crippen LogP contribution >= 0.6 is 0 Å². The number of aromatic nitrogens is 2. The second kappa shape index (κ2) is 5.86. The van der Waals surface area contributed by atoms with E-state index in [-0.39, 0.29) is 12.3 Å². The summed E-state index contributed by atoms with van der Waals surface area (Å²) in [5.74, 6) is -0.698. The summed E-state index contributed by atoms with van der Waals surface area (Å²) in [7, 11) is 1.31. The molecule has 6 nitrogen and oxygen atoms in total. The highest BCUT2D eigenvalue weighted by Crippen LogP contribution is 2.20. The third kappa shape index (κ3) is 4.39. The van der Waals surface area contributed by atoms with Gasteiger partial charge in [-0.25, -0.2) is 4.79 Å². The third-order valence-corrected chi connectivity index (χ3v) is 2.71. The van der Waals surface area contributed by atoms with E-state index in [0.29, 0.717) is 5.69 Å². The van der Waals surface area contributed by atoms with E-state index < -0.39 is 17.4 Å². The van der Waals surface area contributed by atoms with Gasteiger partial charge < -0.3 is 10.1 Å². The van der Waals surface area contributed by atoms with Crippen LogP contribution in [0.3, 0.4) is 0 Å². The zero-order chi connectivity index (χ0) is 14.6. The summed E-state index contributed by atoms with van der Waals surface area (Å²) in [5, 5.41) is 9.46. The molecule has 1 atom stereocenters. The maximum atomic E-state index is 11.9. The Balaban J connectivity index is 2.69. The topological polar surface area (TPSA) is 84.1 Å². The van der Waals surface area contributed by atoms with E-state index in [2.05, 4.69) is 15.5 Å². The van der Waals surface area contributed by atoms with E-state index in [1.807, 2.05) is 27.7 Å². The quantitative estimate of drug-likeness (QED) is 0.796. The van der Waals surface area contributed by atoms with Crippen molar-refractivity contribution in [3.63, 3.8) is 0 Å². The molecule has 0 aliphatic heterocycles. The van der Waals surface area contributed by atoms with Crippen molar-refractivity contribution in [3.8, 4) is 0 Å². The minimum absolute atomic E-state index is 0.133. The molecule has 0 aliphatic carbocycles. The number of nitrogens with zero attached hydrogens (tertiary/aromatic N) is 1. The van der Waals surface area contributed by atoms with Crippen LogP contribution in [0.1, 0.15) is 32.2 Å². The number of H-pyrrole nitrogens is 1. The van der Waals surface area contributed by atoms with Crippen molar-refractivity contribution in [2.24, 2.45) is 5.41 Å². The van der Waals surface area contributed by atoms with Gasteiger partial charge in [-0.15, -0.1) is 0 Å². The van der Waals surface area contributed by atoms with E-state index in [9.17, 15) is 9.59 Å². The number of esters is 1. The summed E-state index contributed by atoms with van der Waals surface area (Å²) in [4.78, 5) is 23.6. The van der Waals surface area contributed by atoms with Crippen LogP contribution in [-0.2, 0) is 20.7 Å². The van der Waals surface area contributed by atoms with Crippen molar-refractivity contribution >= 4 is 11.9 Å². The maximum absolute atomic E-state index is 11.9. The van der Waals surface area contributed by atoms with Crippen LogP contribution in [0.5, 0.6) is 0 Å². The fourth-order valence-corrected chi connectivity index (χ4v) is 1.69. The van der Waals surface area contributed by atoms with E-state index in [1.54, 1.807) is 6.07 Å². The largest absolute Gasteiger partial charge is 0.467 e. The van der Waals surface area contributed by atoms with Crippen molar-refractivity contribution in [1.29, 1.82) is 0 Å². The lowest BCUT2D eigenvalue weighted by Gasteiger charge is -2.28. The van der Waals surface area contributed by atoms with E-state index in [1.165, 1.54) is 7.11 Å². The standard InChI is InChI=1S/C13H21N3O3/c1-8-6-9(16-15-8)7-10(17)14-11(12(18)19-5)13(2,3)4/h6,11H,7H2,1-5H3,(H,14,17)(H,15,16)/t11-/m1/s1. The number of hydrogen-bond donors (Lipinski definition) is 2. The molecule has 0 aromatic carbocycles. The van der Waals surface area contributed by atoms with Crippen LogP contribution in [0.2, 0.25) is 0 Å². The molecule has 6 heteroatoms. The maximum Gasteiger partial charge on any atom is 0.328 e. The zero-order valence-corrected chi connectivity index (χ0v) is 12.0. The molecule has 0 saturated heterocycles. The van der Waals surface area contributed by atoms with Crippen LogP contribution in [0, 0.1) is 12.3 Å². The molecule has 0 unspecified atom stereocenters. The van der Waals surface area contributed by atoms with Gasteiger partial charge in [0.2, 0.25) is 5.91 Å². The van der Waals surface area contributed by atoms with Gasteiger partial charge in [-0.05, 0) is 18.4 Å². The summed E-state index contributed by atoms with van der Waals surface area (Å²) in [6.07, 6.45) is 0.133. The Bertz CT molecular complexity index is 460. The first kappa shape index (κ1) is 15.2. The van der Waals surface area contributed by atoms with Gasteiger partial charge in [0.25, 0.3) is 0 Å². The third-order valence-electron chi connectivity index (χ3n) is 2.71. The van der Waals surface area contributed by atoms with Gasteiger partial charge in [-0.1, -0.05) is 20.8 Å². The van der Waals surface area contributed by atoms with Gasteiger partial charge >= 0.3 is 5.97 Å². The second-order valence-electron chi connectivity index (χ2n) is 5.61. The fraction of sp³-hybridized carbons (Fsp3) is 0.615. The number of hydrogen-bond acceptors (Lipinski definition) is 4. The predicted octanol–water partition coefficient (Wildman–Crippen LogP) is 0.965. The molecular formula is C13H21N3O3. The number of nitrogens with one attached hydrogen (secondary N) is 2. The Morgan fingerprint density at radius 2 is 2.11 bits per heavy atom. The number of amides is 1. The SMILES string of the molecule is COC(=O)[C@@H](NC(=O)Cc1cc(C)[nH]n1)C(C)(C)C. The molecule has 0 fully saturated rings. The van der Waals surface area contributed by atoms with Gasteiger partial charge in [-0.3, -0.25) is 9.89 Å². The molecule has 2 N–H and O–H groups in total. The molecule has 19 heavy (non-hydrogen) atoms. The predicted molar refractivity (Wildman–Crippen MR) is 70.4 cm³/mol. The molecule has 0 radical (unpaired) electrons. The van der Waals surface area contributed by atoms with Crippen LogP contribution in [0.25, 0.3) is 0 Å². The van der Waals surface area contributed by atoms with Gasteiger partial charge in [-0.2, -0.15) is 5.10 Å². The van der Waals surface area contributed by atoms with E-state index in [4.69, 9.17) is 4.74 Å². The fourth-order valence-electron chi connectivity index (χ4n) is 1.69. The first-order chi connectivity index (χ1) is 8.74. The summed E-state index contributed by atoms with van der Waals surface area (Å²) >= 11 is 0. The molecule has 1 rings (SSSR count). The lowest BCUT2D eigenvalue weighted by Crippen LogP contribution is -2.50. The van der Waals surface area contributed by atoms with Gasteiger partial charge in [0.15, 0.2) is 0 Å². The Morgan fingerprint density at radius 1 is 1.47 bits per heavy atom. The molecule has 0 saturated carbocycles. The van der Waals surface area contributed by atoms with Crippen LogP contribution in [0.4, 0.5) is 0 Å². The molecule has 0 spiro atoms. The van der Waals surface area contributed by atoms with Gasteiger partial charge in [0, 0.05) is 5.69 Å². The number of carbonyl (C=O) groups excluding carboxylic acids is 2. The van der Waals surface area contributed by atoms with Gasteiger partial charge in [0.05, 0.1) is 19.2 Å². The average Bonchev–Trinajstić information content (AvgIpc) is 2.69. The molecule has 1 amide bonds. The van der Waals surface area contributed by atoms with E-state index >= 15 is 0 Å². The lowest BCUT2D eigenvalue weighted by atomic mass is 9.86. The average molecular weight is 267 g/mol. The normalized spacial score (nSPS) is 12.9. The van der Waals surface area contributed by atoms with Crippen molar-refractivity contribution in [2.45, 2.75) is 40.2 Å². The van der Waals surface area contributed by atoms with Crippen LogP contribution in [-0.4, -0.2) is 35.2 Å². The number of carbonyl (C=O) groups is 2. The number of rotatable bonds is 4. The van der Waals surface area contributed by atoms with Gasteiger partial charge in [0.1, 0.15) is 6.04 Å². The molecule has 1 aromatic rings. The first-order valence-corrected chi connectivity index (χ1v) is 6.12. The Hall–Kier alpha value is -1.85. The smallest absolute Gasteiger partial charge is 0.328 e. The summed E-state index contributed by atoms with van der Waals surface area (Å²) in [5.41, 5.74) is 1.13. The lowest BCUT2D eigenvalue weighted by molar-refractivity contribution is -0.148. The number of aromatic amines is 1. The summed E-state index contributed by atoms with van der Waals surface area (Å²) in [6, 6.07) is 1.12. The summed E-state index contributed by atoms with van der Waals surface area (Å²) in [6.45, 7) is 7.47. The zero-order valence-electron chi connectivity index (χ0n) is 12.0. The molecule has 1 aromatic heterocycles. The first-order valence-electron chi connectivity index (χ1n) is 6.12. The molecule has 0 bridgehead atoms. The number of methoxy groups -OCH3 is 1. The molecule has 0 aliphatic rings. The monoisotopic (exact) mass is 267 g/mol. The van der Waals surface area contributed by atoms with Crippen molar-refractivity contribution in [2.75, 3.05) is 7.11 Å². The van der Waals surface area contributed by atoms with Crippen molar-refractivity contribution < 1.29 is 14.3 Å². The molecule has 106 valence electrons. The second-order valence-corrected chi connectivity index (χ2v) is 5.61. The Labute approximate surface area is 112 Å². The minimum Gasteiger partial charge on any atom is -0.467 e. The van der Waals surface area contributed by atoms with Crippen molar-refractivity contribution in [1.82, 2.24) is 15.5 Å². The summed E-state index contributed by atoms with van der Waals surface area (Å²) < 4.78 is 4.72. The van der Waals surface area contributed by atoms with Crippen molar-refractivity contribution in [3.05, 3.63) is 17.5 Å². The number of ether oxygens (including phenoxy) is 1. The minimum atomic E-state index is -0.676. The van der Waals surface area contributed by atoms with Crippen LogP contribution in [0.15, 0.2) is 6.07 Å². The highest BCUT2D eigenvalue weighted by atomic mass is 16.5.